The summed E-state index contributed by atoms with van der Waals surface area (Å²) in [5, 5.41) is 15.8. The quantitative estimate of drug-likeness (QED) is 0.861. The Balaban J connectivity index is 1.44. The van der Waals surface area contributed by atoms with E-state index in [1.807, 2.05) is 35.0 Å². The number of benzene rings is 1. The Morgan fingerprint density at radius 1 is 1.23 bits per heavy atom. The van der Waals surface area contributed by atoms with Gasteiger partial charge in [-0.25, -0.2) is 0 Å². The van der Waals surface area contributed by atoms with Crippen molar-refractivity contribution < 1.29 is 0 Å². The maximum atomic E-state index is 4.21. The fourth-order valence-electron chi connectivity index (χ4n) is 3.77. The first kappa shape index (κ1) is 13.6. The van der Waals surface area contributed by atoms with E-state index < -0.39 is 0 Å². The fraction of sp³-hybridized carbons (Fsp3) is 0.471. The lowest BCUT2D eigenvalue weighted by atomic mass is 9.93. The highest BCUT2D eigenvalue weighted by Gasteiger charge is 2.35. The first-order chi connectivity index (χ1) is 10.8. The minimum atomic E-state index is 0.137. The van der Waals surface area contributed by atoms with E-state index in [0.717, 1.165) is 35.8 Å². The molecule has 0 spiro atoms. The molecule has 0 amide bonds. The third-order valence-electron chi connectivity index (χ3n) is 4.98. The number of hydrogen-bond donors (Lipinski definition) is 1. The molecule has 2 aliphatic rings. The zero-order valence-electron chi connectivity index (χ0n) is 12.8. The maximum absolute atomic E-state index is 4.21. The molecular weight excluding hydrogens is 274 g/mol. The van der Waals surface area contributed by atoms with E-state index >= 15 is 0 Å². The molecule has 4 atom stereocenters. The lowest BCUT2D eigenvalue weighted by molar-refractivity contribution is 0.386. The number of rotatable bonds is 5. The summed E-state index contributed by atoms with van der Waals surface area (Å²) in [5.41, 5.74) is 0.999. The Bertz CT molecular complexity index is 663. The number of nitrogens with zero attached hydrogens (tertiary/aromatic N) is 4. The van der Waals surface area contributed by atoms with Gasteiger partial charge in [-0.2, -0.15) is 4.68 Å². The second-order valence-electron chi connectivity index (χ2n) is 6.45. The smallest absolute Gasteiger partial charge is 0.173 e. The summed E-state index contributed by atoms with van der Waals surface area (Å²) in [7, 11) is 0. The lowest BCUT2D eigenvalue weighted by Gasteiger charge is -2.21. The van der Waals surface area contributed by atoms with Crippen LogP contribution in [-0.4, -0.2) is 26.8 Å². The van der Waals surface area contributed by atoms with Crippen molar-refractivity contribution in [3.8, 4) is 5.69 Å². The second-order valence-corrected chi connectivity index (χ2v) is 6.45. The fourth-order valence-corrected chi connectivity index (χ4v) is 3.77. The van der Waals surface area contributed by atoms with E-state index in [1.165, 1.54) is 12.8 Å². The molecule has 22 heavy (non-hydrogen) atoms. The van der Waals surface area contributed by atoms with Crippen molar-refractivity contribution in [1.82, 2.24) is 25.5 Å². The summed E-state index contributed by atoms with van der Waals surface area (Å²) >= 11 is 0. The van der Waals surface area contributed by atoms with Crippen LogP contribution in [0.15, 0.2) is 42.5 Å². The molecule has 1 aromatic heterocycles. The molecular formula is C17H21N5. The SMILES string of the molecule is CC(NCC1CC2C=CC1C2)c1nnnn1-c1ccccc1. The van der Waals surface area contributed by atoms with Gasteiger partial charge in [0.25, 0.3) is 0 Å². The van der Waals surface area contributed by atoms with Gasteiger partial charge < -0.3 is 5.32 Å². The summed E-state index contributed by atoms with van der Waals surface area (Å²) in [6.45, 7) is 3.17. The van der Waals surface area contributed by atoms with Crippen molar-refractivity contribution >= 4 is 0 Å². The first-order valence-electron chi connectivity index (χ1n) is 8.06. The molecule has 1 heterocycles. The van der Waals surface area contributed by atoms with Crippen molar-refractivity contribution in [2.75, 3.05) is 6.54 Å². The lowest BCUT2D eigenvalue weighted by Crippen LogP contribution is -2.29. The third kappa shape index (κ3) is 2.46. The number of tetrazole rings is 1. The zero-order valence-corrected chi connectivity index (χ0v) is 12.8. The molecule has 5 heteroatoms. The van der Waals surface area contributed by atoms with Gasteiger partial charge in [-0.05, 0) is 66.6 Å². The van der Waals surface area contributed by atoms with Gasteiger partial charge in [-0.3, -0.25) is 0 Å². The minimum Gasteiger partial charge on any atom is -0.307 e. The van der Waals surface area contributed by atoms with Crippen molar-refractivity contribution in [2.24, 2.45) is 17.8 Å². The number of para-hydroxylation sites is 1. The van der Waals surface area contributed by atoms with Crippen LogP contribution < -0.4 is 5.32 Å². The van der Waals surface area contributed by atoms with Gasteiger partial charge in [0.1, 0.15) is 0 Å². The molecule has 114 valence electrons. The Morgan fingerprint density at radius 2 is 2.09 bits per heavy atom. The predicted molar refractivity (Wildman–Crippen MR) is 84.4 cm³/mol. The van der Waals surface area contributed by atoms with Gasteiger partial charge >= 0.3 is 0 Å². The van der Waals surface area contributed by atoms with E-state index in [-0.39, 0.29) is 6.04 Å². The van der Waals surface area contributed by atoms with Crippen molar-refractivity contribution in [1.29, 1.82) is 0 Å². The molecule has 0 aliphatic heterocycles. The second kappa shape index (κ2) is 5.65. The molecule has 4 unspecified atom stereocenters. The molecule has 1 N–H and O–H groups in total. The summed E-state index contributed by atoms with van der Waals surface area (Å²) in [6, 6.07) is 10.2. The van der Waals surface area contributed by atoms with E-state index in [4.69, 9.17) is 0 Å². The van der Waals surface area contributed by atoms with Crippen LogP contribution >= 0.6 is 0 Å². The summed E-state index contributed by atoms with van der Waals surface area (Å²) < 4.78 is 1.82. The standard InChI is InChI=1S/C17H21N5/c1-12(18-11-15-10-13-7-8-14(15)9-13)17-19-20-21-22(17)16-5-3-2-4-6-16/h2-8,12-15,18H,9-11H2,1H3. The molecule has 2 aliphatic carbocycles. The largest absolute Gasteiger partial charge is 0.307 e. The minimum absolute atomic E-state index is 0.137. The van der Waals surface area contributed by atoms with Gasteiger partial charge in [0.2, 0.25) is 0 Å². The molecule has 0 saturated heterocycles. The van der Waals surface area contributed by atoms with Gasteiger partial charge in [-0.15, -0.1) is 5.10 Å². The average molecular weight is 295 g/mol. The van der Waals surface area contributed by atoms with Crippen LogP contribution in [0.1, 0.15) is 31.6 Å². The Morgan fingerprint density at radius 3 is 2.82 bits per heavy atom. The molecule has 2 aromatic rings. The van der Waals surface area contributed by atoms with Crippen LogP contribution in [0.25, 0.3) is 5.69 Å². The van der Waals surface area contributed by atoms with Crippen molar-refractivity contribution in [3.63, 3.8) is 0 Å². The third-order valence-corrected chi connectivity index (χ3v) is 4.98. The van der Waals surface area contributed by atoms with Crippen molar-refractivity contribution in [3.05, 3.63) is 48.3 Å². The molecule has 2 bridgehead atoms. The highest BCUT2D eigenvalue weighted by Crippen LogP contribution is 2.43. The predicted octanol–water partition coefficient (Wildman–Crippen LogP) is 2.53. The van der Waals surface area contributed by atoms with E-state index in [1.54, 1.807) is 0 Å². The summed E-state index contributed by atoms with van der Waals surface area (Å²) in [4.78, 5) is 0. The van der Waals surface area contributed by atoms with Crippen LogP contribution in [-0.2, 0) is 0 Å². The number of fused-ring (bicyclic) bond motifs is 2. The Labute approximate surface area is 130 Å². The highest BCUT2D eigenvalue weighted by atomic mass is 15.5. The zero-order chi connectivity index (χ0) is 14.9. The molecule has 1 aromatic carbocycles. The normalized spacial score (nSPS) is 27.4. The molecule has 0 radical (unpaired) electrons. The average Bonchev–Trinajstić information content (AvgIpc) is 3.29. The molecule has 1 fully saturated rings. The Hall–Kier alpha value is -2.01. The van der Waals surface area contributed by atoms with Gasteiger partial charge in [0.05, 0.1) is 11.7 Å². The summed E-state index contributed by atoms with van der Waals surface area (Å²) in [5.74, 6) is 3.22. The summed E-state index contributed by atoms with van der Waals surface area (Å²) in [6.07, 6.45) is 7.47. The molecule has 5 nitrogen and oxygen atoms in total. The van der Waals surface area contributed by atoms with Gasteiger partial charge in [0, 0.05) is 0 Å². The van der Waals surface area contributed by atoms with Crippen LogP contribution in [0, 0.1) is 17.8 Å². The van der Waals surface area contributed by atoms with Crippen LogP contribution in [0.5, 0.6) is 0 Å². The van der Waals surface area contributed by atoms with Crippen molar-refractivity contribution in [2.45, 2.75) is 25.8 Å². The monoisotopic (exact) mass is 295 g/mol. The molecule has 1 saturated carbocycles. The maximum Gasteiger partial charge on any atom is 0.173 e. The Kier molecular flexibility index (Phi) is 3.50. The van der Waals surface area contributed by atoms with Gasteiger partial charge in [-0.1, -0.05) is 30.4 Å². The number of nitrogens with one attached hydrogen (secondary N) is 1. The first-order valence-corrected chi connectivity index (χ1v) is 8.06. The number of aromatic nitrogens is 4. The number of hydrogen-bond acceptors (Lipinski definition) is 4. The number of allylic oxidation sites excluding steroid dienone is 2. The highest BCUT2D eigenvalue weighted by molar-refractivity contribution is 5.30. The topological polar surface area (TPSA) is 55.6 Å². The van der Waals surface area contributed by atoms with E-state index in [0.29, 0.717) is 0 Å². The van der Waals surface area contributed by atoms with Gasteiger partial charge in [0.15, 0.2) is 5.82 Å². The van der Waals surface area contributed by atoms with Crippen LogP contribution in [0.3, 0.4) is 0 Å². The molecule has 4 rings (SSSR count). The van der Waals surface area contributed by atoms with Crippen LogP contribution in [0.4, 0.5) is 0 Å². The van der Waals surface area contributed by atoms with Crippen LogP contribution in [0.2, 0.25) is 0 Å². The van der Waals surface area contributed by atoms with E-state index in [9.17, 15) is 0 Å². The van der Waals surface area contributed by atoms with E-state index in [2.05, 4.69) is 39.9 Å².